The van der Waals surface area contributed by atoms with Crippen LogP contribution in [0.1, 0.15) is 11.3 Å². The Morgan fingerprint density at radius 3 is 2.74 bits per heavy atom. The van der Waals surface area contributed by atoms with Gasteiger partial charge in [0.15, 0.2) is 17.3 Å². The van der Waals surface area contributed by atoms with Crippen LogP contribution in [0, 0.1) is 17.1 Å². The zero-order valence-electron chi connectivity index (χ0n) is 15.6. The summed E-state index contributed by atoms with van der Waals surface area (Å²) in [7, 11) is -4.04. The van der Waals surface area contributed by atoms with Gasteiger partial charge >= 0.3 is 0 Å². The van der Waals surface area contributed by atoms with Crippen molar-refractivity contribution in [3.8, 4) is 17.6 Å². The first-order chi connectivity index (χ1) is 14.9. The van der Waals surface area contributed by atoms with E-state index in [2.05, 4.69) is 20.0 Å². The van der Waals surface area contributed by atoms with E-state index in [4.69, 9.17) is 16.3 Å². The number of nitrogens with zero attached hydrogens (tertiary/aromatic N) is 3. The Bertz CT molecular complexity index is 1360. The quantitative estimate of drug-likeness (QED) is 0.615. The van der Waals surface area contributed by atoms with Crippen LogP contribution in [0.3, 0.4) is 0 Å². The topological polar surface area (TPSA) is 116 Å². The van der Waals surface area contributed by atoms with Crippen LogP contribution in [0.5, 0.6) is 11.5 Å². The summed E-state index contributed by atoms with van der Waals surface area (Å²) in [5.41, 5.74) is 0.419. The monoisotopic (exact) mass is 457 g/mol. The Hall–Kier alpha value is -3.68. The number of aliphatic imine (C=N–C) groups is 1. The molecule has 156 valence electrons. The smallest absolute Gasteiger partial charge is 0.266 e. The summed E-state index contributed by atoms with van der Waals surface area (Å²) in [4.78, 5) is 8.11. The minimum Gasteiger partial charge on any atom is -0.451 e. The molecule has 0 fully saturated rings. The SMILES string of the molecule is N#Cc1ccc2c(c1Oc1ccccc1F)NC(=NCc1ncccc1Cl)NS2(=O)=O. The number of hydrogen-bond acceptors (Lipinski definition) is 6. The number of nitrogens with one attached hydrogen (secondary N) is 2. The van der Waals surface area contributed by atoms with Gasteiger partial charge < -0.3 is 10.1 Å². The lowest BCUT2D eigenvalue weighted by atomic mass is 10.2. The van der Waals surface area contributed by atoms with E-state index < -0.39 is 15.8 Å². The van der Waals surface area contributed by atoms with Crippen LogP contribution >= 0.6 is 11.6 Å². The highest BCUT2D eigenvalue weighted by Gasteiger charge is 2.31. The standard InChI is InChI=1S/C20H13ClFN5O3S/c21-13-4-3-9-24-15(13)11-25-20-26-18-17(31(28,29)27-20)8-7-12(10-23)19(18)30-16-6-2-1-5-14(16)22/h1-9H,11H2,(H2,25,26,27). The van der Waals surface area contributed by atoms with E-state index >= 15 is 0 Å². The van der Waals surface area contributed by atoms with Crippen molar-refractivity contribution in [2.75, 3.05) is 5.32 Å². The maximum atomic E-state index is 14.1. The van der Waals surface area contributed by atoms with E-state index in [0.717, 1.165) is 0 Å². The molecule has 4 rings (SSSR count). The van der Waals surface area contributed by atoms with Crippen LogP contribution in [-0.2, 0) is 16.6 Å². The Morgan fingerprint density at radius 2 is 2.00 bits per heavy atom. The second-order valence-corrected chi connectivity index (χ2v) is 8.34. The molecule has 0 atom stereocenters. The second-order valence-electron chi connectivity index (χ2n) is 6.29. The largest absolute Gasteiger partial charge is 0.451 e. The van der Waals surface area contributed by atoms with Gasteiger partial charge in [0.05, 0.1) is 22.8 Å². The van der Waals surface area contributed by atoms with Crippen molar-refractivity contribution in [3.05, 3.63) is 76.8 Å². The van der Waals surface area contributed by atoms with Gasteiger partial charge in [-0.1, -0.05) is 23.7 Å². The molecule has 0 saturated carbocycles. The number of rotatable bonds is 4. The number of fused-ring (bicyclic) bond motifs is 1. The van der Waals surface area contributed by atoms with E-state index in [-0.39, 0.29) is 40.1 Å². The number of benzene rings is 2. The normalized spacial score (nSPS) is 15.3. The Labute approximate surface area is 182 Å². The van der Waals surface area contributed by atoms with Gasteiger partial charge in [-0.2, -0.15) is 5.26 Å². The number of anilines is 1. The highest BCUT2D eigenvalue weighted by molar-refractivity contribution is 7.90. The summed E-state index contributed by atoms with van der Waals surface area (Å²) in [5, 5.41) is 12.7. The molecule has 0 bridgehead atoms. The van der Waals surface area contributed by atoms with Crippen molar-refractivity contribution in [3.63, 3.8) is 0 Å². The van der Waals surface area contributed by atoms with Gasteiger partial charge in [-0.05, 0) is 36.4 Å². The van der Waals surface area contributed by atoms with E-state index in [1.807, 2.05) is 6.07 Å². The third kappa shape index (κ3) is 4.14. The Morgan fingerprint density at radius 1 is 1.19 bits per heavy atom. The molecule has 0 saturated heterocycles. The lowest BCUT2D eigenvalue weighted by Gasteiger charge is -2.24. The molecule has 1 aromatic heterocycles. The van der Waals surface area contributed by atoms with Gasteiger partial charge in [0.25, 0.3) is 10.0 Å². The molecule has 11 heteroatoms. The van der Waals surface area contributed by atoms with Crippen molar-refractivity contribution in [2.45, 2.75) is 11.4 Å². The molecule has 0 spiro atoms. The molecule has 2 aromatic carbocycles. The van der Waals surface area contributed by atoms with Gasteiger partial charge in [-0.25, -0.2) is 22.5 Å². The van der Waals surface area contributed by atoms with Crippen LogP contribution in [0.2, 0.25) is 5.02 Å². The molecule has 8 nitrogen and oxygen atoms in total. The molecule has 31 heavy (non-hydrogen) atoms. The summed E-state index contributed by atoms with van der Waals surface area (Å²) in [6.07, 6.45) is 1.54. The number of nitriles is 1. The fraction of sp³-hybridized carbons (Fsp3) is 0.0500. The number of para-hydroxylation sites is 1. The van der Waals surface area contributed by atoms with E-state index in [1.165, 1.54) is 36.5 Å². The Kier molecular flexibility index (Phi) is 5.46. The lowest BCUT2D eigenvalue weighted by Crippen LogP contribution is -2.41. The zero-order chi connectivity index (χ0) is 22.0. The molecule has 0 aliphatic carbocycles. The average Bonchev–Trinajstić information content (AvgIpc) is 2.74. The molecule has 0 amide bonds. The van der Waals surface area contributed by atoms with E-state index in [1.54, 1.807) is 18.2 Å². The first kappa shape index (κ1) is 20.6. The number of aromatic nitrogens is 1. The molecular weight excluding hydrogens is 445 g/mol. The van der Waals surface area contributed by atoms with Crippen LogP contribution in [0.4, 0.5) is 10.1 Å². The molecule has 1 aliphatic heterocycles. The number of pyridine rings is 1. The maximum absolute atomic E-state index is 14.1. The van der Waals surface area contributed by atoms with Crippen molar-refractivity contribution in [2.24, 2.45) is 4.99 Å². The van der Waals surface area contributed by atoms with Gasteiger partial charge in [-0.15, -0.1) is 0 Å². The third-order valence-electron chi connectivity index (χ3n) is 4.27. The molecule has 3 aromatic rings. The minimum absolute atomic E-state index is 0.0126. The van der Waals surface area contributed by atoms with Gasteiger partial charge in [-0.3, -0.25) is 4.98 Å². The summed E-state index contributed by atoms with van der Waals surface area (Å²) in [6, 6.07) is 13.3. The highest BCUT2D eigenvalue weighted by Crippen LogP contribution is 2.40. The van der Waals surface area contributed by atoms with Crippen LogP contribution in [0.15, 0.2) is 64.6 Å². The zero-order valence-corrected chi connectivity index (χ0v) is 17.2. The van der Waals surface area contributed by atoms with Gasteiger partial charge in [0.2, 0.25) is 5.96 Å². The first-order valence-electron chi connectivity index (χ1n) is 8.82. The summed E-state index contributed by atoms with van der Waals surface area (Å²) < 4.78 is 47.5. The fourth-order valence-corrected chi connectivity index (χ4v) is 4.15. The Balaban J connectivity index is 1.77. The maximum Gasteiger partial charge on any atom is 0.266 e. The molecule has 2 N–H and O–H groups in total. The molecular formula is C20H13ClFN5O3S. The molecule has 1 aliphatic rings. The van der Waals surface area contributed by atoms with Crippen molar-refractivity contribution < 1.29 is 17.5 Å². The number of ether oxygens (including phenoxy) is 1. The second kappa shape index (κ2) is 8.22. The van der Waals surface area contributed by atoms with E-state index in [9.17, 15) is 18.1 Å². The van der Waals surface area contributed by atoms with Gasteiger partial charge in [0, 0.05) is 6.20 Å². The number of sulfonamides is 1. The van der Waals surface area contributed by atoms with Crippen LogP contribution in [0.25, 0.3) is 0 Å². The lowest BCUT2D eigenvalue weighted by molar-refractivity contribution is 0.441. The number of guanidine groups is 1. The van der Waals surface area contributed by atoms with Crippen molar-refractivity contribution in [1.82, 2.24) is 9.71 Å². The summed E-state index contributed by atoms with van der Waals surface area (Å²) >= 11 is 6.07. The van der Waals surface area contributed by atoms with Gasteiger partial charge in [0.1, 0.15) is 16.7 Å². The third-order valence-corrected chi connectivity index (χ3v) is 6.00. The average molecular weight is 458 g/mol. The molecule has 2 heterocycles. The predicted molar refractivity (Wildman–Crippen MR) is 112 cm³/mol. The molecule has 0 unspecified atom stereocenters. The number of hydrogen-bond donors (Lipinski definition) is 2. The summed E-state index contributed by atoms with van der Waals surface area (Å²) in [6.45, 7) is -0.0126. The van der Waals surface area contributed by atoms with Crippen LogP contribution in [-0.4, -0.2) is 19.4 Å². The minimum atomic E-state index is -4.04. The van der Waals surface area contributed by atoms with Crippen molar-refractivity contribution >= 4 is 33.3 Å². The first-order valence-corrected chi connectivity index (χ1v) is 10.7. The summed E-state index contributed by atoms with van der Waals surface area (Å²) in [5.74, 6) is -1.09. The van der Waals surface area contributed by atoms with E-state index in [0.29, 0.717) is 10.7 Å². The fourth-order valence-electron chi connectivity index (χ4n) is 2.83. The van der Waals surface area contributed by atoms with Crippen LogP contribution < -0.4 is 14.8 Å². The van der Waals surface area contributed by atoms with Crippen molar-refractivity contribution in [1.29, 1.82) is 5.26 Å². The molecule has 0 radical (unpaired) electrons. The number of halogens is 2. The predicted octanol–water partition coefficient (Wildman–Crippen LogP) is 3.80. The highest BCUT2D eigenvalue weighted by atomic mass is 35.5.